The van der Waals surface area contributed by atoms with Crippen LogP contribution in [0.1, 0.15) is 27.2 Å². The van der Waals surface area contributed by atoms with E-state index in [1.54, 1.807) is 0 Å². The maximum atomic E-state index is 12.9. The van der Waals surface area contributed by atoms with Gasteiger partial charge in [-0.15, -0.1) is 0 Å². The first-order chi connectivity index (χ1) is 8.04. The van der Waals surface area contributed by atoms with Crippen LogP contribution in [0, 0.1) is 11.4 Å². The lowest BCUT2D eigenvalue weighted by molar-refractivity contribution is -0.0976. The van der Waals surface area contributed by atoms with Crippen LogP contribution in [0.15, 0.2) is 12.4 Å². The second kappa shape index (κ2) is 4.56. The van der Waals surface area contributed by atoms with Crippen molar-refractivity contribution in [2.24, 2.45) is 5.41 Å². The normalized spacial score (nSPS) is 26.4. The van der Waals surface area contributed by atoms with Crippen molar-refractivity contribution < 1.29 is 9.13 Å². The van der Waals surface area contributed by atoms with Crippen molar-refractivity contribution in [3.05, 3.63) is 18.3 Å². The molecule has 2 unspecified atom stereocenters. The summed E-state index contributed by atoms with van der Waals surface area (Å²) < 4.78 is 18.6. The van der Waals surface area contributed by atoms with Crippen LogP contribution in [0.5, 0.6) is 0 Å². The lowest BCUT2D eigenvalue weighted by atomic mass is 9.64. The van der Waals surface area contributed by atoms with Crippen molar-refractivity contribution in [1.82, 2.24) is 9.97 Å². The molecule has 2 atom stereocenters. The number of rotatable bonds is 4. The molecule has 0 bridgehead atoms. The number of nitrogens with zero attached hydrogens (tertiary/aromatic N) is 2. The zero-order valence-corrected chi connectivity index (χ0v) is 10.4. The van der Waals surface area contributed by atoms with Gasteiger partial charge in [-0.3, -0.25) is 0 Å². The van der Waals surface area contributed by atoms with Gasteiger partial charge in [-0.2, -0.15) is 4.39 Å². The zero-order chi connectivity index (χ0) is 12.5. The highest BCUT2D eigenvalue weighted by molar-refractivity contribution is 5.36. The van der Waals surface area contributed by atoms with Crippen molar-refractivity contribution in [2.75, 3.05) is 11.9 Å². The molecular weight excluding hydrogens is 221 g/mol. The van der Waals surface area contributed by atoms with Crippen molar-refractivity contribution >= 4 is 5.82 Å². The lowest BCUT2D eigenvalue weighted by Crippen LogP contribution is -2.58. The number of hydrogen-bond donors (Lipinski definition) is 1. The molecule has 1 aromatic rings. The molecule has 0 saturated heterocycles. The fourth-order valence-corrected chi connectivity index (χ4v) is 2.21. The number of anilines is 1. The summed E-state index contributed by atoms with van der Waals surface area (Å²) in [5, 5.41) is 3.23. The van der Waals surface area contributed by atoms with Crippen molar-refractivity contribution in [3.8, 4) is 0 Å². The molecule has 17 heavy (non-hydrogen) atoms. The average Bonchev–Trinajstić information content (AvgIpc) is 2.28. The summed E-state index contributed by atoms with van der Waals surface area (Å²) in [5.74, 6) is 0.0199. The smallest absolute Gasteiger partial charge is 0.217 e. The largest absolute Gasteiger partial charge is 0.378 e. The molecule has 1 aromatic heterocycles. The van der Waals surface area contributed by atoms with Crippen LogP contribution in [0.25, 0.3) is 0 Å². The zero-order valence-electron chi connectivity index (χ0n) is 10.4. The molecular formula is C12H18FN3O. The summed E-state index contributed by atoms with van der Waals surface area (Å²) in [6.45, 7) is 7.01. The Labute approximate surface area is 101 Å². The van der Waals surface area contributed by atoms with Crippen LogP contribution in [-0.2, 0) is 4.74 Å². The first-order valence-corrected chi connectivity index (χ1v) is 5.89. The van der Waals surface area contributed by atoms with E-state index < -0.39 is 5.95 Å². The fraction of sp³-hybridized carbons (Fsp3) is 0.667. The fourth-order valence-electron chi connectivity index (χ4n) is 2.21. The Morgan fingerprint density at radius 3 is 2.88 bits per heavy atom. The van der Waals surface area contributed by atoms with Crippen molar-refractivity contribution in [3.63, 3.8) is 0 Å². The predicted octanol–water partition coefficient (Wildman–Crippen LogP) is 2.23. The molecule has 4 nitrogen and oxygen atoms in total. The van der Waals surface area contributed by atoms with E-state index >= 15 is 0 Å². The van der Waals surface area contributed by atoms with Gasteiger partial charge in [0.15, 0.2) is 0 Å². The Morgan fingerprint density at radius 2 is 2.29 bits per heavy atom. The van der Waals surface area contributed by atoms with E-state index in [9.17, 15) is 4.39 Å². The summed E-state index contributed by atoms with van der Waals surface area (Å²) in [5.41, 5.74) is 0.0391. The van der Waals surface area contributed by atoms with E-state index in [-0.39, 0.29) is 17.6 Å². The summed E-state index contributed by atoms with van der Waals surface area (Å²) >= 11 is 0. The second-order valence-corrected chi connectivity index (χ2v) is 4.92. The molecule has 1 aliphatic carbocycles. The summed E-state index contributed by atoms with van der Waals surface area (Å²) in [6.07, 6.45) is 2.41. The Bertz CT molecular complexity index is 397. The van der Waals surface area contributed by atoms with Gasteiger partial charge in [0.05, 0.1) is 6.10 Å². The molecule has 0 radical (unpaired) electrons. The Kier molecular flexibility index (Phi) is 3.28. The van der Waals surface area contributed by atoms with Gasteiger partial charge in [0.1, 0.15) is 12.1 Å². The molecule has 0 amide bonds. The number of ether oxygens (including phenoxy) is 1. The summed E-state index contributed by atoms with van der Waals surface area (Å²) in [6, 6.07) is 1.57. The molecule has 2 rings (SSSR count). The average molecular weight is 239 g/mol. The van der Waals surface area contributed by atoms with Gasteiger partial charge < -0.3 is 10.1 Å². The Balaban J connectivity index is 1.98. The molecule has 1 saturated carbocycles. The highest BCUT2D eigenvalue weighted by Crippen LogP contribution is 2.44. The van der Waals surface area contributed by atoms with E-state index in [0.717, 1.165) is 13.0 Å². The Hall–Kier alpha value is -1.23. The molecule has 5 heteroatoms. The molecule has 1 aliphatic rings. The molecule has 1 N–H and O–H groups in total. The van der Waals surface area contributed by atoms with Gasteiger partial charge >= 0.3 is 0 Å². The Morgan fingerprint density at radius 1 is 1.53 bits per heavy atom. The highest BCUT2D eigenvalue weighted by atomic mass is 19.1. The molecule has 94 valence electrons. The monoisotopic (exact) mass is 239 g/mol. The van der Waals surface area contributed by atoms with Gasteiger partial charge in [0, 0.05) is 24.1 Å². The first-order valence-electron chi connectivity index (χ1n) is 5.89. The predicted molar refractivity (Wildman–Crippen MR) is 63.2 cm³/mol. The number of aromatic nitrogens is 2. The second-order valence-electron chi connectivity index (χ2n) is 4.92. The minimum Gasteiger partial charge on any atom is -0.378 e. The van der Waals surface area contributed by atoms with E-state index in [1.807, 2.05) is 6.92 Å². The number of nitrogens with one attached hydrogen (secondary N) is 1. The SMILES string of the molecule is CCOC1CC(Nc2cc(F)ncn2)C1(C)C. The maximum Gasteiger partial charge on any atom is 0.217 e. The van der Waals surface area contributed by atoms with E-state index in [2.05, 4.69) is 29.1 Å². The van der Waals surface area contributed by atoms with Crippen molar-refractivity contribution in [1.29, 1.82) is 0 Å². The minimum atomic E-state index is -0.513. The standard InChI is InChI=1S/C12H18FN3O/c1-4-17-9-5-8(12(9,2)3)16-11-6-10(13)14-7-15-11/h6-9H,4-5H2,1-3H3,(H,14,15,16). The van der Waals surface area contributed by atoms with E-state index in [4.69, 9.17) is 4.74 Å². The molecule has 0 spiro atoms. The first kappa shape index (κ1) is 12.2. The van der Waals surface area contributed by atoms with Crippen LogP contribution < -0.4 is 5.32 Å². The van der Waals surface area contributed by atoms with Crippen LogP contribution in [-0.4, -0.2) is 28.7 Å². The third-order valence-electron chi connectivity index (χ3n) is 3.50. The third kappa shape index (κ3) is 2.39. The van der Waals surface area contributed by atoms with Gasteiger partial charge in [-0.05, 0) is 13.3 Å². The quantitative estimate of drug-likeness (QED) is 0.818. The van der Waals surface area contributed by atoms with Crippen LogP contribution >= 0.6 is 0 Å². The van der Waals surface area contributed by atoms with Crippen LogP contribution in [0.3, 0.4) is 0 Å². The minimum absolute atomic E-state index is 0.0391. The van der Waals surface area contributed by atoms with Gasteiger partial charge in [-0.25, -0.2) is 9.97 Å². The molecule has 1 heterocycles. The number of halogens is 1. The lowest BCUT2D eigenvalue weighted by Gasteiger charge is -2.51. The number of hydrogen-bond acceptors (Lipinski definition) is 4. The van der Waals surface area contributed by atoms with Crippen molar-refractivity contribution in [2.45, 2.75) is 39.3 Å². The molecule has 0 aromatic carbocycles. The summed E-state index contributed by atoms with van der Waals surface area (Å²) in [7, 11) is 0. The third-order valence-corrected chi connectivity index (χ3v) is 3.50. The molecule has 1 fully saturated rings. The maximum absolute atomic E-state index is 12.9. The molecule has 0 aliphatic heterocycles. The van der Waals surface area contributed by atoms with E-state index in [0.29, 0.717) is 5.82 Å². The van der Waals surface area contributed by atoms with Crippen LogP contribution in [0.2, 0.25) is 0 Å². The summed E-state index contributed by atoms with van der Waals surface area (Å²) in [4.78, 5) is 7.42. The van der Waals surface area contributed by atoms with E-state index in [1.165, 1.54) is 12.4 Å². The van der Waals surface area contributed by atoms with Gasteiger partial charge in [0.2, 0.25) is 5.95 Å². The van der Waals surface area contributed by atoms with Gasteiger partial charge in [-0.1, -0.05) is 13.8 Å². The topological polar surface area (TPSA) is 47.0 Å². The van der Waals surface area contributed by atoms with Gasteiger partial charge in [0.25, 0.3) is 0 Å². The van der Waals surface area contributed by atoms with Crippen LogP contribution in [0.4, 0.5) is 10.2 Å². The highest BCUT2D eigenvalue weighted by Gasteiger charge is 2.49.